The van der Waals surface area contributed by atoms with Crippen LogP contribution in [-0.4, -0.2) is 57.1 Å². The molecular formula is C14H24N4O3S. The number of nitrogens with one attached hydrogen (secondary N) is 1. The average molecular weight is 328 g/mol. The summed E-state index contributed by atoms with van der Waals surface area (Å²) in [6.07, 6.45) is 1.72. The summed E-state index contributed by atoms with van der Waals surface area (Å²) in [5.74, 6) is 0.902. The van der Waals surface area contributed by atoms with Crippen molar-refractivity contribution in [2.24, 2.45) is 0 Å². The molecule has 22 heavy (non-hydrogen) atoms. The largest absolute Gasteiger partial charge is 0.378 e. The van der Waals surface area contributed by atoms with Gasteiger partial charge in [0.05, 0.1) is 13.2 Å². The Kier molecular flexibility index (Phi) is 6.13. The van der Waals surface area contributed by atoms with Crippen LogP contribution in [0.2, 0.25) is 0 Å². The minimum absolute atomic E-state index is 0.245. The van der Waals surface area contributed by atoms with Gasteiger partial charge in [0.25, 0.3) is 10.2 Å². The fourth-order valence-electron chi connectivity index (χ4n) is 2.33. The van der Waals surface area contributed by atoms with Crippen molar-refractivity contribution in [2.75, 3.05) is 44.3 Å². The summed E-state index contributed by atoms with van der Waals surface area (Å²) in [4.78, 5) is 6.57. The van der Waals surface area contributed by atoms with Crippen molar-refractivity contribution in [3.05, 3.63) is 23.9 Å². The van der Waals surface area contributed by atoms with Crippen molar-refractivity contribution in [1.82, 2.24) is 14.0 Å². The van der Waals surface area contributed by atoms with Crippen LogP contribution in [0.15, 0.2) is 18.3 Å². The van der Waals surface area contributed by atoms with Gasteiger partial charge in [-0.15, -0.1) is 0 Å². The number of hydrogen-bond donors (Lipinski definition) is 1. The number of hydrogen-bond acceptors (Lipinski definition) is 5. The third-order valence-corrected chi connectivity index (χ3v) is 5.35. The standard InChI is InChI=1S/C14H24N4O3S/c1-3-18(4-2)22(19,20)16-12-13-5-6-14(15-11-13)17-7-9-21-10-8-17/h5-6,11,16H,3-4,7-10,12H2,1-2H3. The van der Waals surface area contributed by atoms with Crippen LogP contribution in [0.1, 0.15) is 19.4 Å². The molecule has 0 unspecified atom stereocenters. The number of morpholine rings is 1. The van der Waals surface area contributed by atoms with Crippen LogP contribution >= 0.6 is 0 Å². The molecule has 1 saturated heterocycles. The van der Waals surface area contributed by atoms with Gasteiger partial charge < -0.3 is 9.64 Å². The van der Waals surface area contributed by atoms with Crippen molar-refractivity contribution in [3.8, 4) is 0 Å². The molecule has 1 aromatic rings. The smallest absolute Gasteiger partial charge is 0.279 e. The molecule has 1 aliphatic heterocycles. The third-order valence-electron chi connectivity index (χ3n) is 3.65. The maximum atomic E-state index is 12.1. The second kappa shape index (κ2) is 7.87. The molecule has 0 spiro atoms. The van der Waals surface area contributed by atoms with Crippen LogP contribution in [0.3, 0.4) is 0 Å². The highest BCUT2D eigenvalue weighted by atomic mass is 32.2. The lowest BCUT2D eigenvalue weighted by atomic mass is 10.3. The SMILES string of the molecule is CCN(CC)S(=O)(=O)NCc1ccc(N2CCOCC2)nc1. The van der Waals surface area contributed by atoms with Crippen molar-refractivity contribution >= 4 is 16.0 Å². The maximum absolute atomic E-state index is 12.1. The molecule has 1 fully saturated rings. The Balaban J connectivity index is 1.94. The minimum atomic E-state index is -3.42. The average Bonchev–Trinajstić information content (AvgIpc) is 2.55. The molecule has 0 aromatic carbocycles. The Labute approximate surface area is 132 Å². The van der Waals surface area contributed by atoms with Gasteiger partial charge in [0.15, 0.2) is 0 Å². The highest BCUT2D eigenvalue weighted by Gasteiger charge is 2.18. The molecular weight excluding hydrogens is 304 g/mol. The summed E-state index contributed by atoms with van der Waals surface area (Å²) in [5, 5.41) is 0. The highest BCUT2D eigenvalue weighted by Crippen LogP contribution is 2.13. The van der Waals surface area contributed by atoms with Gasteiger partial charge >= 0.3 is 0 Å². The Hall–Kier alpha value is -1.22. The predicted molar refractivity (Wildman–Crippen MR) is 85.9 cm³/mol. The van der Waals surface area contributed by atoms with Gasteiger partial charge in [-0.25, -0.2) is 4.98 Å². The first kappa shape index (κ1) is 17.1. The summed E-state index contributed by atoms with van der Waals surface area (Å²) in [5.41, 5.74) is 0.841. The molecule has 2 rings (SSSR count). The highest BCUT2D eigenvalue weighted by molar-refractivity contribution is 7.87. The molecule has 0 saturated carbocycles. The van der Waals surface area contributed by atoms with E-state index in [2.05, 4.69) is 14.6 Å². The lowest BCUT2D eigenvalue weighted by Gasteiger charge is -2.27. The van der Waals surface area contributed by atoms with Crippen molar-refractivity contribution in [1.29, 1.82) is 0 Å². The summed E-state index contributed by atoms with van der Waals surface area (Å²) >= 11 is 0. The zero-order valence-corrected chi connectivity index (χ0v) is 14.0. The molecule has 0 atom stereocenters. The van der Waals surface area contributed by atoms with E-state index in [-0.39, 0.29) is 6.54 Å². The van der Waals surface area contributed by atoms with E-state index in [0.717, 1.165) is 24.5 Å². The minimum Gasteiger partial charge on any atom is -0.378 e. The van der Waals surface area contributed by atoms with Crippen LogP contribution < -0.4 is 9.62 Å². The molecule has 0 radical (unpaired) electrons. The van der Waals surface area contributed by atoms with Gasteiger partial charge in [0, 0.05) is 38.9 Å². The van der Waals surface area contributed by atoms with Gasteiger partial charge in [-0.2, -0.15) is 17.4 Å². The van der Waals surface area contributed by atoms with E-state index in [1.807, 2.05) is 26.0 Å². The van der Waals surface area contributed by atoms with Crippen LogP contribution in [0.25, 0.3) is 0 Å². The molecule has 7 nitrogen and oxygen atoms in total. The molecule has 8 heteroatoms. The summed E-state index contributed by atoms with van der Waals surface area (Å²) in [6, 6.07) is 3.83. The van der Waals surface area contributed by atoms with E-state index < -0.39 is 10.2 Å². The maximum Gasteiger partial charge on any atom is 0.279 e. The fraction of sp³-hybridized carbons (Fsp3) is 0.643. The lowest BCUT2D eigenvalue weighted by Crippen LogP contribution is -2.40. The predicted octanol–water partition coefficient (Wildman–Crippen LogP) is 0.594. The van der Waals surface area contributed by atoms with Gasteiger partial charge in [0.2, 0.25) is 0 Å². The zero-order chi connectivity index (χ0) is 16.0. The summed E-state index contributed by atoms with van der Waals surface area (Å²) in [6.45, 7) is 7.90. The van der Waals surface area contributed by atoms with Crippen LogP contribution in [0.5, 0.6) is 0 Å². The van der Waals surface area contributed by atoms with Crippen molar-refractivity contribution in [3.63, 3.8) is 0 Å². The summed E-state index contributed by atoms with van der Waals surface area (Å²) < 4.78 is 33.4. The Bertz CT molecular complexity index is 552. The number of rotatable bonds is 7. The van der Waals surface area contributed by atoms with Crippen molar-refractivity contribution < 1.29 is 13.2 Å². The fourth-order valence-corrected chi connectivity index (χ4v) is 3.54. The number of pyridine rings is 1. The van der Waals surface area contributed by atoms with Crippen LogP contribution in [0, 0.1) is 0 Å². The van der Waals surface area contributed by atoms with Crippen LogP contribution in [-0.2, 0) is 21.5 Å². The van der Waals surface area contributed by atoms with E-state index in [4.69, 9.17) is 4.74 Å². The first-order valence-corrected chi connectivity index (χ1v) is 9.03. The normalized spacial score (nSPS) is 16.2. The van der Waals surface area contributed by atoms with E-state index in [0.29, 0.717) is 26.3 Å². The summed E-state index contributed by atoms with van der Waals surface area (Å²) in [7, 11) is -3.42. The second-order valence-electron chi connectivity index (χ2n) is 5.03. The van der Waals surface area contributed by atoms with Gasteiger partial charge in [0.1, 0.15) is 5.82 Å². The molecule has 124 valence electrons. The first-order valence-electron chi connectivity index (χ1n) is 7.59. The van der Waals surface area contributed by atoms with E-state index >= 15 is 0 Å². The molecule has 1 aromatic heterocycles. The van der Waals surface area contributed by atoms with Gasteiger partial charge in [-0.1, -0.05) is 19.9 Å². The number of nitrogens with zero attached hydrogens (tertiary/aromatic N) is 3. The third kappa shape index (κ3) is 4.39. The molecule has 0 amide bonds. The van der Waals surface area contributed by atoms with E-state index in [1.54, 1.807) is 6.20 Å². The molecule has 2 heterocycles. The number of ether oxygens (including phenoxy) is 1. The number of anilines is 1. The lowest BCUT2D eigenvalue weighted by molar-refractivity contribution is 0.122. The Morgan fingerprint density at radius 1 is 1.27 bits per heavy atom. The Morgan fingerprint density at radius 3 is 2.50 bits per heavy atom. The van der Waals surface area contributed by atoms with Gasteiger partial charge in [-0.05, 0) is 11.6 Å². The molecule has 0 aliphatic carbocycles. The quantitative estimate of drug-likeness (QED) is 0.793. The zero-order valence-electron chi connectivity index (χ0n) is 13.2. The monoisotopic (exact) mass is 328 g/mol. The molecule has 0 bridgehead atoms. The van der Waals surface area contributed by atoms with E-state index in [9.17, 15) is 8.42 Å². The Morgan fingerprint density at radius 2 is 1.95 bits per heavy atom. The second-order valence-corrected chi connectivity index (χ2v) is 6.79. The first-order chi connectivity index (χ1) is 10.6. The van der Waals surface area contributed by atoms with E-state index in [1.165, 1.54) is 4.31 Å². The van der Waals surface area contributed by atoms with Crippen molar-refractivity contribution in [2.45, 2.75) is 20.4 Å². The topological polar surface area (TPSA) is 74.8 Å². The van der Waals surface area contributed by atoms with Crippen LogP contribution in [0.4, 0.5) is 5.82 Å². The molecule has 1 aliphatic rings. The number of aromatic nitrogens is 1. The molecule has 1 N–H and O–H groups in total. The van der Waals surface area contributed by atoms with Gasteiger partial charge in [-0.3, -0.25) is 0 Å².